The van der Waals surface area contributed by atoms with Gasteiger partial charge in [-0.05, 0) is 18.2 Å². The van der Waals surface area contributed by atoms with Gasteiger partial charge in [-0.1, -0.05) is 12.1 Å². The molecular weight excluding hydrogens is 232 g/mol. The molecule has 1 aromatic heterocycles. The van der Waals surface area contributed by atoms with Crippen molar-refractivity contribution in [1.29, 1.82) is 0 Å². The lowest BCUT2D eigenvalue weighted by molar-refractivity contribution is -0.136. The number of ether oxygens (including phenoxy) is 1. The molecule has 0 bridgehead atoms. The van der Waals surface area contributed by atoms with Crippen LogP contribution >= 0.6 is 0 Å². The number of aliphatic carboxylic acids is 1. The molecule has 0 aliphatic rings. The topological polar surface area (TPSA) is 72.3 Å². The van der Waals surface area contributed by atoms with Crippen molar-refractivity contribution in [2.45, 2.75) is 6.42 Å². The third-order valence-electron chi connectivity index (χ3n) is 2.38. The molecule has 0 saturated carbocycles. The van der Waals surface area contributed by atoms with Crippen LogP contribution in [-0.4, -0.2) is 28.2 Å². The third kappa shape index (κ3) is 2.82. The molecule has 0 fully saturated rings. The predicted molar refractivity (Wildman–Crippen MR) is 65.4 cm³/mol. The van der Waals surface area contributed by atoms with Crippen molar-refractivity contribution in [3.63, 3.8) is 0 Å². The highest BCUT2D eigenvalue weighted by Crippen LogP contribution is 2.21. The van der Waals surface area contributed by atoms with Crippen LogP contribution in [0.3, 0.4) is 0 Å². The molecule has 1 heterocycles. The number of hydrogen-bond donors (Lipinski definition) is 1. The van der Waals surface area contributed by atoms with Crippen LogP contribution in [0.5, 0.6) is 5.75 Å². The van der Waals surface area contributed by atoms with Gasteiger partial charge in [0.15, 0.2) is 0 Å². The van der Waals surface area contributed by atoms with E-state index >= 15 is 0 Å². The van der Waals surface area contributed by atoms with Crippen LogP contribution in [-0.2, 0) is 11.2 Å². The Hall–Kier alpha value is -2.43. The molecule has 0 saturated heterocycles. The van der Waals surface area contributed by atoms with Crippen molar-refractivity contribution < 1.29 is 14.6 Å². The van der Waals surface area contributed by atoms with Gasteiger partial charge in [-0.3, -0.25) is 4.79 Å². The fourth-order valence-corrected chi connectivity index (χ4v) is 1.56. The molecule has 2 rings (SSSR count). The summed E-state index contributed by atoms with van der Waals surface area (Å²) in [7, 11) is 1.59. The summed E-state index contributed by atoms with van der Waals surface area (Å²) in [6.07, 6.45) is 1.37. The molecule has 0 radical (unpaired) electrons. The lowest BCUT2D eigenvalue weighted by Gasteiger charge is -2.05. The molecule has 0 amide bonds. The minimum Gasteiger partial charge on any atom is -0.497 e. The van der Waals surface area contributed by atoms with E-state index in [-0.39, 0.29) is 6.42 Å². The Morgan fingerprint density at radius 2 is 2.22 bits per heavy atom. The number of methoxy groups -OCH3 is 1. The minimum absolute atomic E-state index is 0.183. The monoisotopic (exact) mass is 244 g/mol. The van der Waals surface area contributed by atoms with Crippen molar-refractivity contribution in [2.75, 3.05) is 7.11 Å². The van der Waals surface area contributed by atoms with E-state index in [4.69, 9.17) is 9.84 Å². The summed E-state index contributed by atoms with van der Waals surface area (Å²) < 4.78 is 5.13. The average molecular weight is 244 g/mol. The summed E-state index contributed by atoms with van der Waals surface area (Å²) in [5.41, 5.74) is 1.54. The molecule has 1 N–H and O–H groups in total. The summed E-state index contributed by atoms with van der Waals surface area (Å²) in [5.74, 6) is 0.0755. The Morgan fingerprint density at radius 3 is 2.94 bits per heavy atom. The quantitative estimate of drug-likeness (QED) is 0.887. The largest absolute Gasteiger partial charge is 0.497 e. The molecule has 18 heavy (non-hydrogen) atoms. The maximum Gasteiger partial charge on any atom is 0.311 e. The van der Waals surface area contributed by atoms with Gasteiger partial charge in [0.2, 0.25) is 0 Å². The van der Waals surface area contributed by atoms with Gasteiger partial charge in [-0.25, -0.2) is 9.97 Å². The van der Waals surface area contributed by atoms with Crippen LogP contribution in [0.1, 0.15) is 5.82 Å². The van der Waals surface area contributed by atoms with Gasteiger partial charge in [0, 0.05) is 11.8 Å². The number of nitrogens with zero attached hydrogens (tertiary/aromatic N) is 2. The molecule has 0 atom stereocenters. The van der Waals surface area contributed by atoms with Crippen LogP contribution in [0.25, 0.3) is 11.3 Å². The Morgan fingerprint density at radius 1 is 1.39 bits per heavy atom. The number of aromatic nitrogens is 2. The highest BCUT2D eigenvalue weighted by atomic mass is 16.5. The summed E-state index contributed by atoms with van der Waals surface area (Å²) >= 11 is 0. The van der Waals surface area contributed by atoms with Crippen LogP contribution < -0.4 is 4.74 Å². The van der Waals surface area contributed by atoms with E-state index in [1.807, 2.05) is 24.3 Å². The average Bonchev–Trinajstić information content (AvgIpc) is 2.38. The van der Waals surface area contributed by atoms with Gasteiger partial charge >= 0.3 is 5.97 Å². The summed E-state index contributed by atoms with van der Waals surface area (Å²) in [6, 6.07) is 9.15. The summed E-state index contributed by atoms with van der Waals surface area (Å²) in [6.45, 7) is 0. The highest BCUT2D eigenvalue weighted by molar-refractivity contribution is 5.69. The maximum absolute atomic E-state index is 10.6. The fraction of sp³-hybridized carbons (Fsp3) is 0.154. The standard InChI is InChI=1S/C13H12N2O3/c1-18-10-4-2-3-9(7-10)11-5-6-14-12(15-11)8-13(16)17/h2-7H,8H2,1H3,(H,16,17). The molecule has 5 heteroatoms. The van der Waals surface area contributed by atoms with Gasteiger partial charge < -0.3 is 9.84 Å². The first-order valence-corrected chi connectivity index (χ1v) is 5.37. The Kier molecular flexibility index (Phi) is 3.52. The molecular formula is C13H12N2O3. The number of benzene rings is 1. The lowest BCUT2D eigenvalue weighted by atomic mass is 10.1. The zero-order valence-corrected chi connectivity index (χ0v) is 9.83. The third-order valence-corrected chi connectivity index (χ3v) is 2.38. The molecule has 92 valence electrons. The van der Waals surface area contributed by atoms with Crippen LogP contribution in [0.15, 0.2) is 36.5 Å². The van der Waals surface area contributed by atoms with Crippen molar-refractivity contribution in [2.24, 2.45) is 0 Å². The van der Waals surface area contributed by atoms with Crippen molar-refractivity contribution in [1.82, 2.24) is 9.97 Å². The van der Waals surface area contributed by atoms with Crippen molar-refractivity contribution in [3.8, 4) is 17.0 Å². The van der Waals surface area contributed by atoms with Crippen LogP contribution in [0, 0.1) is 0 Å². The van der Waals surface area contributed by atoms with E-state index in [9.17, 15) is 4.79 Å². The molecule has 0 spiro atoms. The maximum atomic E-state index is 10.6. The lowest BCUT2D eigenvalue weighted by Crippen LogP contribution is -2.05. The van der Waals surface area contributed by atoms with E-state index < -0.39 is 5.97 Å². The normalized spacial score (nSPS) is 10.1. The van der Waals surface area contributed by atoms with Crippen molar-refractivity contribution in [3.05, 3.63) is 42.4 Å². The van der Waals surface area contributed by atoms with Gasteiger partial charge in [-0.15, -0.1) is 0 Å². The van der Waals surface area contributed by atoms with Gasteiger partial charge in [0.05, 0.1) is 12.8 Å². The van der Waals surface area contributed by atoms with E-state index in [1.54, 1.807) is 19.4 Å². The second kappa shape index (κ2) is 5.27. The molecule has 5 nitrogen and oxygen atoms in total. The Labute approximate surface area is 104 Å². The number of carboxylic acid groups (broad SMARTS) is 1. The molecule has 2 aromatic rings. The number of hydrogen-bond acceptors (Lipinski definition) is 4. The fourth-order valence-electron chi connectivity index (χ4n) is 1.56. The summed E-state index contributed by atoms with van der Waals surface area (Å²) in [5, 5.41) is 8.71. The van der Waals surface area contributed by atoms with E-state index in [1.165, 1.54) is 0 Å². The van der Waals surface area contributed by atoms with Gasteiger partial charge in [0.25, 0.3) is 0 Å². The number of rotatable bonds is 4. The zero-order chi connectivity index (χ0) is 13.0. The minimum atomic E-state index is -0.946. The van der Waals surface area contributed by atoms with Crippen LogP contribution in [0.2, 0.25) is 0 Å². The second-order valence-electron chi connectivity index (χ2n) is 3.66. The molecule has 1 aromatic carbocycles. The zero-order valence-electron chi connectivity index (χ0n) is 9.83. The highest BCUT2D eigenvalue weighted by Gasteiger charge is 2.06. The second-order valence-corrected chi connectivity index (χ2v) is 3.66. The van der Waals surface area contributed by atoms with E-state index in [0.29, 0.717) is 11.5 Å². The first kappa shape index (κ1) is 12.0. The first-order chi connectivity index (χ1) is 8.69. The Balaban J connectivity index is 2.34. The molecule has 0 aliphatic carbocycles. The number of carbonyl (C=O) groups is 1. The van der Waals surface area contributed by atoms with Gasteiger partial charge in [-0.2, -0.15) is 0 Å². The SMILES string of the molecule is COc1cccc(-c2ccnc(CC(=O)O)n2)c1. The molecule has 0 aliphatic heterocycles. The van der Waals surface area contributed by atoms with E-state index in [0.717, 1.165) is 11.3 Å². The Bertz CT molecular complexity index is 570. The molecule has 0 unspecified atom stereocenters. The summed E-state index contributed by atoms with van der Waals surface area (Å²) in [4.78, 5) is 18.8. The number of carboxylic acids is 1. The first-order valence-electron chi connectivity index (χ1n) is 5.37. The van der Waals surface area contributed by atoms with E-state index in [2.05, 4.69) is 9.97 Å². The van der Waals surface area contributed by atoms with Crippen LogP contribution in [0.4, 0.5) is 0 Å². The smallest absolute Gasteiger partial charge is 0.311 e. The van der Waals surface area contributed by atoms with Crippen molar-refractivity contribution >= 4 is 5.97 Å². The van der Waals surface area contributed by atoms with Gasteiger partial charge in [0.1, 0.15) is 18.0 Å². The predicted octanol–water partition coefficient (Wildman–Crippen LogP) is 1.78.